The summed E-state index contributed by atoms with van der Waals surface area (Å²) < 4.78 is 8.07. The molecule has 0 bridgehead atoms. The quantitative estimate of drug-likeness (QED) is 0.126. The van der Waals surface area contributed by atoms with Crippen LogP contribution in [0.25, 0.3) is 15.9 Å². The molecule has 1 N–H and O–H groups in total. The van der Waals surface area contributed by atoms with Gasteiger partial charge in [0, 0.05) is 28.3 Å². The molecule has 0 spiro atoms. The first-order valence-corrected chi connectivity index (χ1v) is 15.6. The number of thiophene rings is 1. The highest BCUT2D eigenvalue weighted by molar-refractivity contribution is 8.00. The predicted molar refractivity (Wildman–Crippen MR) is 161 cm³/mol. The topological polar surface area (TPSA) is 98.5 Å². The number of thioether (sulfide) groups is 2. The lowest BCUT2D eigenvalue weighted by Crippen LogP contribution is -2.31. The lowest BCUT2D eigenvalue weighted by Gasteiger charge is -2.30. The van der Waals surface area contributed by atoms with Gasteiger partial charge in [-0.3, -0.25) is 9.59 Å². The van der Waals surface area contributed by atoms with Crippen LogP contribution in [-0.4, -0.2) is 42.6 Å². The van der Waals surface area contributed by atoms with Crippen LogP contribution in [0.5, 0.6) is 0 Å². The van der Waals surface area contributed by atoms with Crippen molar-refractivity contribution in [3.63, 3.8) is 0 Å². The lowest BCUT2D eigenvalue weighted by molar-refractivity contribution is -0.113. The zero-order valence-corrected chi connectivity index (χ0v) is 24.7. The molecule has 204 valence electrons. The smallest absolute Gasteiger partial charge is 0.234 e. The number of carbonyl (C=O) groups is 2. The third-order valence-corrected chi connectivity index (χ3v) is 9.67. The van der Waals surface area contributed by atoms with Gasteiger partial charge in [-0.1, -0.05) is 53.9 Å². The molecule has 1 amide bonds. The molecule has 0 saturated heterocycles. The van der Waals surface area contributed by atoms with Crippen molar-refractivity contribution in [1.82, 2.24) is 19.6 Å². The van der Waals surface area contributed by atoms with Crippen LogP contribution >= 0.6 is 34.9 Å². The molecule has 3 aromatic heterocycles. The Balaban J connectivity index is 1.31. The largest absolute Gasteiger partial charge is 0.370 e. The second-order valence-electron chi connectivity index (χ2n) is 10.2. The summed E-state index contributed by atoms with van der Waals surface area (Å²) in [4.78, 5) is 31.5. The highest BCUT2D eigenvalue weighted by Crippen LogP contribution is 2.41. The third kappa shape index (κ3) is 5.51. The normalized spacial score (nSPS) is 14.4. The summed E-state index contributed by atoms with van der Waals surface area (Å²) in [5, 5.41) is 14.5. The van der Waals surface area contributed by atoms with Gasteiger partial charge >= 0.3 is 0 Å². The first kappa shape index (κ1) is 26.9. The van der Waals surface area contributed by atoms with Crippen LogP contribution in [0.15, 0.2) is 64.9 Å². The number of hydrogen-bond donors (Lipinski definition) is 1. The molecule has 4 heterocycles. The molecule has 11 heteroatoms. The number of nitrogens with zero attached hydrogens (tertiary/aromatic N) is 4. The fourth-order valence-corrected chi connectivity index (χ4v) is 7.51. The fourth-order valence-electron chi connectivity index (χ4n) is 4.62. The van der Waals surface area contributed by atoms with E-state index >= 15 is 0 Å². The van der Waals surface area contributed by atoms with Gasteiger partial charge in [0.05, 0.1) is 23.3 Å². The van der Waals surface area contributed by atoms with Crippen molar-refractivity contribution in [2.45, 2.75) is 55.5 Å². The zero-order valence-electron chi connectivity index (χ0n) is 22.3. The van der Waals surface area contributed by atoms with E-state index in [1.54, 1.807) is 47.4 Å². The Morgan fingerprint density at radius 3 is 2.58 bits per heavy atom. The zero-order chi connectivity index (χ0) is 27.9. The van der Waals surface area contributed by atoms with Crippen LogP contribution in [0.2, 0.25) is 0 Å². The highest BCUT2D eigenvalue weighted by atomic mass is 32.2. The van der Waals surface area contributed by atoms with Crippen LogP contribution in [-0.2, 0) is 28.3 Å². The molecule has 0 fully saturated rings. The van der Waals surface area contributed by atoms with E-state index in [1.807, 2.05) is 22.6 Å². The summed E-state index contributed by atoms with van der Waals surface area (Å²) >= 11 is 4.61. The summed E-state index contributed by atoms with van der Waals surface area (Å²) in [5.74, 6) is 0.711. The number of aromatic nitrogens is 4. The Kier molecular flexibility index (Phi) is 7.39. The number of fused-ring (bicyclic) bond motifs is 5. The standard InChI is InChI=1S/C29H27N5O3S3/c1-17(35)19-9-11-20(12-10-19)30-23(36)16-39-28-33-32-25-24-21-13-29(2,3)37-14-22(21)40-26(24)31-27(34(25)28)38-15-18-7-5-4-6-8-18/h4-12H,13-16H2,1-3H3,(H,30,36). The second kappa shape index (κ2) is 11.0. The molecule has 0 atom stereocenters. The third-order valence-electron chi connectivity index (χ3n) is 6.63. The van der Waals surface area contributed by atoms with E-state index in [2.05, 4.69) is 41.5 Å². The molecular weight excluding hydrogens is 563 g/mol. The summed E-state index contributed by atoms with van der Waals surface area (Å²) in [7, 11) is 0. The average molecular weight is 590 g/mol. The summed E-state index contributed by atoms with van der Waals surface area (Å²) in [6.45, 7) is 6.28. The Morgan fingerprint density at radius 1 is 1.05 bits per heavy atom. The van der Waals surface area contributed by atoms with Gasteiger partial charge in [-0.05, 0) is 56.2 Å². The van der Waals surface area contributed by atoms with Crippen molar-refractivity contribution in [3.05, 3.63) is 76.2 Å². The van der Waals surface area contributed by atoms with Crippen LogP contribution in [0, 0.1) is 0 Å². The second-order valence-corrected chi connectivity index (χ2v) is 13.2. The SMILES string of the molecule is CC(=O)c1ccc(NC(=O)CSc2nnc3c4c5c(sc4nc(SCc4ccccc4)n23)COC(C)(C)C5)cc1. The van der Waals surface area contributed by atoms with Crippen molar-refractivity contribution in [2.24, 2.45) is 0 Å². The number of rotatable bonds is 8. The van der Waals surface area contributed by atoms with E-state index in [4.69, 9.17) is 9.72 Å². The van der Waals surface area contributed by atoms with Crippen LogP contribution < -0.4 is 5.32 Å². The fraction of sp³-hybridized carbons (Fsp3) is 0.276. The predicted octanol–water partition coefficient (Wildman–Crippen LogP) is 6.42. The Bertz CT molecular complexity index is 1730. The Labute approximate surface area is 243 Å². The number of Topliss-reactive ketones (excluding diaryl/α,β-unsaturated/α-hetero) is 1. The Morgan fingerprint density at radius 2 is 1.82 bits per heavy atom. The van der Waals surface area contributed by atoms with Crippen LogP contribution in [0.3, 0.4) is 0 Å². The maximum Gasteiger partial charge on any atom is 0.234 e. The molecule has 5 aromatic rings. The number of anilines is 1. The molecule has 0 unspecified atom stereocenters. The number of nitrogens with one attached hydrogen (secondary N) is 1. The number of amides is 1. The summed E-state index contributed by atoms with van der Waals surface area (Å²) in [6, 6.07) is 17.1. The van der Waals surface area contributed by atoms with Crippen molar-refractivity contribution in [1.29, 1.82) is 0 Å². The minimum absolute atomic E-state index is 0.0150. The van der Waals surface area contributed by atoms with E-state index in [-0.39, 0.29) is 23.0 Å². The van der Waals surface area contributed by atoms with Crippen LogP contribution in [0.1, 0.15) is 47.1 Å². The minimum Gasteiger partial charge on any atom is -0.370 e. The van der Waals surface area contributed by atoms with Gasteiger partial charge in [-0.2, -0.15) is 0 Å². The van der Waals surface area contributed by atoms with E-state index in [0.717, 1.165) is 33.2 Å². The molecule has 1 aliphatic heterocycles. The van der Waals surface area contributed by atoms with E-state index in [0.29, 0.717) is 23.0 Å². The molecule has 0 aliphatic carbocycles. The first-order chi connectivity index (χ1) is 19.3. The van der Waals surface area contributed by atoms with Gasteiger partial charge in [0.25, 0.3) is 0 Å². The van der Waals surface area contributed by atoms with Crippen molar-refractivity contribution >= 4 is 68.1 Å². The van der Waals surface area contributed by atoms with Gasteiger partial charge in [0.15, 0.2) is 21.7 Å². The number of ketones is 1. The molecule has 1 aliphatic rings. The molecular formula is C29H27N5O3S3. The number of carbonyl (C=O) groups excluding carboxylic acids is 2. The molecule has 6 rings (SSSR count). The summed E-state index contributed by atoms with van der Waals surface area (Å²) in [5.41, 5.74) is 4.16. The highest BCUT2D eigenvalue weighted by Gasteiger charge is 2.31. The van der Waals surface area contributed by atoms with Crippen LogP contribution in [0.4, 0.5) is 5.69 Å². The van der Waals surface area contributed by atoms with Gasteiger partial charge in [-0.25, -0.2) is 9.38 Å². The van der Waals surface area contributed by atoms with Gasteiger partial charge in [0.1, 0.15) is 4.83 Å². The van der Waals surface area contributed by atoms with Crippen molar-refractivity contribution < 1.29 is 14.3 Å². The van der Waals surface area contributed by atoms with Gasteiger partial charge in [0.2, 0.25) is 5.91 Å². The summed E-state index contributed by atoms with van der Waals surface area (Å²) in [6.07, 6.45) is 0.774. The van der Waals surface area contributed by atoms with Gasteiger partial charge in [-0.15, -0.1) is 21.5 Å². The molecule has 2 aromatic carbocycles. The van der Waals surface area contributed by atoms with Gasteiger partial charge < -0.3 is 10.1 Å². The number of benzene rings is 2. The molecule has 0 saturated carbocycles. The van der Waals surface area contributed by atoms with E-state index < -0.39 is 0 Å². The maximum absolute atomic E-state index is 12.8. The molecule has 0 radical (unpaired) electrons. The van der Waals surface area contributed by atoms with Crippen molar-refractivity contribution in [3.8, 4) is 0 Å². The number of ether oxygens (including phenoxy) is 1. The first-order valence-electron chi connectivity index (χ1n) is 12.8. The van der Waals surface area contributed by atoms with E-state index in [9.17, 15) is 9.59 Å². The lowest BCUT2D eigenvalue weighted by atomic mass is 9.94. The average Bonchev–Trinajstić information content (AvgIpc) is 3.52. The van der Waals surface area contributed by atoms with Crippen molar-refractivity contribution in [2.75, 3.05) is 11.1 Å². The minimum atomic E-state index is -0.267. The number of hydrogen-bond acceptors (Lipinski definition) is 9. The maximum atomic E-state index is 12.8. The molecule has 8 nitrogen and oxygen atoms in total. The molecule has 40 heavy (non-hydrogen) atoms. The monoisotopic (exact) mass is 589 g/mol. The van der Waals surface area contributed by atoms with E-state index in [1.165, 1.54) is 34.7 Å². The Hall–Kier alpha value is -3.25.